The monoisotopic (exact) mass is 446 g/mol. The van der Waals surface area contributed by atoms with Crippen molar-refractivity contribution < 1.29 is 14.3 Å². The summed E-state index contributed by atoms with van der Waals surface area (Å²) in [4.78, 5) is 13.8. The van der Waals surface area contributed by atoms with E-state index in [1.54, 1.807) is 43.8 Å². The molecule has 7 nitrogen and oxygen atoms in total. The molecule has 0 saturated heterocycles. The van der Waals surface area contributed by atoms with Crippen molar-refractivity contribution in [3.8, 4) is 22.9 Å². The van der Waals surface area contributed by atoms with Crippen molar-refractivity contribution in [1.82, 2.24) is 14.8 Å². The number of rotatable bonds is 10. The van der Waals surface area contributed by atoms with E-state index in [2.05, 4.69) is 45.4 Å². The van der Waals surface area contributed by atoms with Crippen LogP contribution in [0.5, 0.6) is 11.5 Å². The third-order valence-electron chi connectivity index (χ3n) is 4.44. The Bertz CT molecular complexity index is 1000. The Hall–Kier alpha value is -2.52. The van der Waals surface area contributed by atoms with Gasteiger partial charge in [-0.25, -0.2) is 0 Å². The van der Waals surface area contributed by atoms with Crippen LogP contribution in [0.3, 0.4) is 0 Å². The highest BCUT2D eigenvalue weighted by Crippen LogP contribution is 2.30. The summed E-state index contributed by atoms with van der Waals surface area (Å²) in [6.45, 7) is 5.06. The Morgan fingerprint density at radius 1 is 1.20 bits per heavy atom. The molecule has 3 rings (SSSR count). The van der Waals surface area contributed by atoms with Crippen LogP contribution in [0.1, 0.15) is 25.1 Å². The first-order chi connectivity index (χ1) is 14.6. The zero-order valence-corrected chi connectivity index (χ0v) is 19.2. The van der Waals surface area contributed by atoms with E-state index in [0.717, 1.165) is 35.9 Å². The summed E-state index contributed by atoms with van der Waals surface area (Å²) in [5.41, 5.74) is 1.68. The van der Waals surface area contributed by atoms with Gasteiger partial charge in [0, 0.05) is 28.4 Å². The number of hydrogen-bond donors (Lipinski definition) is 1. The number of hydrogen-bond acceptors (Lipinski definition) is 7. The maximum Gasteiger partial charge on any atom is 0.234 e. The number of nitrogens with one attached hydrogen (secondary N) is 1. The molecule has 3 aromatic rings. The van der Waals surface area contributed by atoms with Gasteiger partial charge in [-0.1, -0.05) is 25.6 Å². The molecule has 2 aromatic heterocycles. The Labute approximate surface area is 184 Å². The molecule has 0 radical (unpaired) electrons. The van der Waals surface area contributed by atoms with E-state index in [1.165, 1.54) is 16.6 Å². The molecule has 0 aliphatic rings. The van der Waals surface area contributed by atoms with Crippen molar-refractivity contribution in [2.75, 3.05) is 25.3 Å². The summed E-state index contributed by atoms with van der Waals surface area (Å²) in [5.74, 6) is 2.15. The Morgan fingerprint density at radius 2 is 2.03 bits per heavy atom. The second kappa shape index (κ2) is 10.5. The molecule has 0 atom stereocenters. The van der Waals surface area contributed by atoms with Gasteiger partial charge < -0.3 is 19.4 Å². The molecule has 0 fully saturated rings. The normalized spacial score (nSPS) is 10.8. The Balaban J connectivity index is 1.70. The summed E-state index contributed by atoms with van der Waals surface area (Å²) in [6, 6.07) is 7.44. The van der Waals surface area contributed by atoms with Gasteiger partial charge in [0.1, 0.15) is 11.5 Å². The fraction of sp³-hybridized carbons (Fsp3) is 0.381. The molecule has 1 amide bonds. The number of carbonyl (C=O) groups is 1. The summed E-state index contributed by atoms with van der Waals surface area (Å²) in [6.07, 6.45) is 1.96. The molecule has 160 valence electrons. The number of ether oxygens (including phenoxy) is 2. The maximum atomic E-state index is 12.5. The zero-order valence-electron chi connectivity index (χ0n) is 17.6. The molecule has 30 heavy (non-hydrogen) atoms. The maximum absolute atomic E-state index is 12.5. The van der Waals surface area contributed by atoms with E-state index in [-0.39, 0.29) is 11.7 Å². The number of amides is 1. The molecule has 2 heterocycles. The van der Waals surface area contributed by atoms with Gasteiger partial charge in [-0.3, -0.25) is 4.79 Å². The van der Waals surface area contributed by atoms with Crippen LogP contribution in [0.25, 0.3) is 11.4 Å². The topological polar surface area (TPSA) is 78.3 Å². The Morgan fingerprint density at radius 3 is 2.70 bits per heavy atom. The predicted molar refractivity (Wildman–Crippen MR) is 122 cm³/mol. The molecule has 1 N–H and O–H groups in total. The van der Waals surface area contributed by atoms with Crippen molar-refractivity contribution in [2.24, 2.45) is 0 Å². The summed E-state index contributed by atoms with van der Waals surface area (Å²) in [7, 11) is 3.14. The lowest BCUT2D eigenvalue weighted by Crippen LogP contribution is -2.15. The minimum absolute atomic E-state index is 0.139. The molecule has 0 saturated carbocycles. The first kappa shape index (κ1) is 22.2. The smallest absolute Gasteiger partial charge is 0.234 e. The summed E-state index contributed by atoms with van der Waals surface area (Å²) < 4.78 is 12.6. The van der Waals surface area contributed by atoms with Gasteiger partial charge in [-0.2, -0.15) is 0 Å². The van der Waals surface area contributed by atoms with E-state index in [0.29, 0.717) is 17.2 Å². The second-order valence-corrected chi connectivity index (χ2v) is 8.45. The molecule has 0 aliphatic heterocycles. The van der Waals surface area contributed by atoms with Crippen LogP contribution >= 0.6 is 23.1 Å². The number of methoxy groups -OCH3 is 2. The van der Waals surface area contributed by atoms with Gasteiger partial charge >= 0.3 is 0 Å². The van der Waals surface area contributed by atoms with Crippen LogP contribution in [0.15, 0.2) is 34.8 Å². The number of thioether (sulfide) groups is 1. The van der Waals surface area contributed by atoms with Crippen molar-refractivity contribution in [1.29, 1.82) is 0 Å². The summed E-state index contributed by atoms with van der Waals surface area (Å²) >= 11 is 3.11. The standard InChI is InChI=1S/C21H26N4O3S2/c1-5-9-25-20(14-10-16(6-2)29-12-14)23-24-21(25)30-13-19(26)22-17-8-7-15(27-3)11-18(17)28-4/h7-8,10-12H,5-6,9,13H2,1-4H3,(H,22,26). The van der Waals surface area contributed by atoms with Gasteiger partial charge in [-0.15, -0.1) is 21.5 Å². The highest BCUT2D eigenvalue weighted by atomic mass is 32.2. The molecule has 9 heteroatoms. The molecule has 0 spiro atoms. The number of carbonyl (C=O) groups excluding carboxylic acids is 1. The van der Waals surface area contributed by atoms with Crippen LogP contribution in [0, 0.1) is 0 Å². The van der Waals surface area contributed by atoms with Crippen LogP contribution in [-0.4, -0.2) is 40.6 Å². The molecule has 1 aromatic carbocycles. The fourth-order valence-electron chi connectivity index (χ4n) is 2.94. The first-order valence-corrected chi connectivity index (χ1v) is 11.6. The lowest BCUT2D eigenvalue weighted by atomic mass is 10.2. The van der Waals surface area contributed by atoms with Crippen LogP contribution in [-0.2, 0) is 17.8 Å². The number of nitrogens with zero attached hydrogens (tertiary/aromatic N) is 3. The van der Waals surface area contributed by atoms with E-state index in [4.69, 9.17) is 9.47 Å². The molecule has 0 bridgehead atoms. The predicted octanol–water partition coefficient (Wildman–Crippen LogP) is 4.73. The molecular weight excluding hydrogens is 420 g/mol. The molecular formula is C21H26N4O3S2. The second-order valence-electron chi connectivity index (χ2n) is 6.52. The van der Waals surface area contributed by atoms with Crippen LogP contribution in [0.4, 0.5) is 5.69 Å². The lowest BCUT2D eigenvalue weighted by molar-refractivity contribution is -0.113. The summed E-state index contributed by atoms with van der Waals surface area (Å²) in [5, 5.41) is 14.5. The minimum atomic E-state index is -0.139. The number of aryl methyl sites for hydroxylation is 1. The average molecular weight is 447 g/mol. The van der Waals surface area contributed by atoms with E-state index < -0.39 is 0 Å². The highest BCUT2D eigenvalue weighted by molar-refractivity contribution is 7.99. The van der Waals surface area contributed by atoms with E-state index >= 15 is 0 Å². The molecule has 0 aliphatic carbocycles. The average Bonchev–Trinajstić information content (AvgIpc) is 3.39. The Kier molecular flexibility index (Phi) is 7.75. The van der Waals surface area contributed by atoms with Crippen molar-refractivity contribution in [3.63, 3.8) is 0 Å². The van der Waals surface area contributed by atoms with Crippen molar-refractivity contribution >= 4 is 34.7 Å². The van der Waals surface area contributed by atoms with Crippen LogP contribution < -0.4 is 14.8 Å². The largest absolute Gasteiger partial charge is 0.497 e. The number of thiophene rings is 1. The third-order valence-corrected chi connectivity index (χ3v) is 6.49. The SMILES string of the molecule is CCCn1c(SCC(=O)Nc2ccc(OC)cc2OC)nnc1-c1csc(CC)c1. The number of benzene rings is 1. The van der Waals surface area contributed by atoms with Crippen molar-refractivity contribution in [3.05, 3.63) is 34.5 Å². The van der Waals surface area contributed by atoms with Gasteiger partial charge in [0.05, 0.1) is 25.7 Å². The van der Waals surface area contributed by atoms with Crippen LogP contribution in [0.2, 0.25) is 0 Å². The highest BCUT2D eigenvalue weighted by Gasteiger charge is 2.17. The number of aromatic nitrogens is 3. The minimum Gasteiger partial charge on any atom is -0.497 e. The molecule has 0 unspecified atom stereocenters. The van der Waals surface area contributed by atoms with Gasteiger partial charge in [0.25, 0.3) is 0 Å². The van der Waals surface area contributed by atoms with Crippen molar-refractivity contribution in [2.45, 2.75) is 38.4 Å². The van der Waals surface area contributed by atoms with Gasteiger partial charge in [-0.05, 0) is 31.0 Å². The van der Waals surface area contributed by atoms with Gasteiger partial charge in [0.2, 0.25) is 5.91 Å². The number of anilines is 1. The fourth-order valence-corrected chi connectivity index (χ4v) is 4.51. The first-order valence-electron chi connectivity index (χ1n) is 9.75. The lowest BCUT2D eigenvalue weighted by Gasteiger charge is -2.12. The third kappa shape index (κ3) is 5.14. The van der Waals surface area contributed by atoms with E-state index in [1.807, 2.05) is 0 Å². The van der Waals surface area contributed by atoms with Gasteiger partial charge in [0.15, 0.2) is 11.0 Å². The quantitative estimate of drug-likeness (QED) is 0.454. The zero-order chi connectivity index (χ0) is 21.5. The van der Waals surface area contributed by atoms with E-state index in [9.17, 15) is 4.79 Å².